The summed E-state index contributed by atoms with van der Waals surface area (Å²) in [6.07, 6.45) is 5.69. The van der Waals surface area contributed by atoms with E-state index in [1.807, 2.05) is 54.6 Å². The molecule has 186 valence electrons. The van der Waals surface area contributed by atoms with E-state index in [1.165, 1.54) is 22.3 Å². The summed E-state index contributed by atoms with van der Waals surface area (Å²) in [6, 6.07) is 38.2. The average molecular weight is 508 g/mol. The summed E-state index contributed by atoms with van der Waals surface area (Å²) < 4.78 is 5.71. The van der Waals surface area contributed by atoms with Crippen LogP contribution in [-0.4, -0.2) is 24.0 Å². The molecule has 4 aromatic carbocycles. The van der Waals surface area contributed by atoms with Crippen molar-refractivity contribution in [1.82, 2.24) is 0 Å². The molecule has 0 aromatic heterocycles. The summed E-state index contributed by atoms with van der Waals surface area (Å²) in [5.41, 5.74) is 1.11. The molecule has 1 fully saturated rings. The van der Waals surface area contributed by atoms with E-state index in [2.05, 4.69) is 36.4 Å². The Morgan fingerprint density at radius 1 is 0.595 bits per heavy atom. The first kappa shape index (κ1) is 25.1. The van der Waals surface area contributed by atoms with Crippen LogP contribution in [0.15, 0.2) is 115 Å². The molecule has 1 saturated carbocycles. The largest absolute Gasteiger partial charge is 0.459 e. The van der Waals surface area contributed by atoms with Crippen LogP contribution in [0.25, 0.3) is 0 Å². The molecule has 0 unspecified atom stereocenters. The fourth-order valence-electron chi connectivity index (χ4n) is 5.27. The van der Waals surface area contributed by atoms with E-state index in [9.17, 15) is 9.59 Å². The molecular formula is C33H32O3P+. The monoisotopic (exact) mass is 507 g/mol. The summed E-state index contributed by atoms with van der Waals surface area (Å²) >= 11 is 0. The Labute approximate surface area is 219 Å². The average Bonchev–Trinajstić information content (AvgIpc) is 2.98. The van der Waals surface area contributed by atoms with Gasteiger partial charge in [0.2, 0.25) is 5.78 Å². The first-order chi connectivity index (χ1) is 18.2. The van der Waals surface area contributed by atoms with Crippen LogP contribution in [0.1, 0.15) is 52.8 Å². The van der Waals surface area contributed by atoms with Gasteiger partial charge in [-0.3, -0.25) is 4.79 Å². The van der Waals surface area contributed by atoms with Gasteiger partial charge in [0.05, 0.1) is 5.56 Å². The van der Waals surface area contributed by atoms with Crippen molar-refractivity contribution in [3.63, 3.8) is 0 Å². The van der Waals surface area contributed by atoms with Crippen molar-refractivity contribution in [2.75, 3.05) is 6.16 Å². The van der Waals surface area contributed by atoms with Crippen LogP contribution >= 0.6 is 7.26 Å². The predicted molar refractivity (Wildman–Crippen MR) is 153 cm³/mol. The van der Waals surface area contributed by atoms with Crippen molar-refractivity contribution in [2.24, 2.45) is 0 Å². The molecular weight excluding hydrogens is 475 g/mol. The lowest BCUT2D eigenvalue weighted by molar-refractivity contribution is 0.0211. The molecule has 3 nitrogen and oxygen atoms in total. The van der Waals surface area contributed by atoms with Crippen LogP contribution in [0.5, 0.6) is 0 Å². The summed E-state index contributed by atoms with van der Waals surface area (Å²) in [7, 11) is -2.27. The molecule has 0 radical (unpaired) electrons. The third-order valence-electron chi connectivity index (χ3n) is 7.24. The third-order valence-corrected chi connectivity index (χ3v) is 11.5. The molecule has 4 heteroatoms. The van der Waals surface area contributed by atoms with Crippen LogP contribution < -0.4 is 15.9 Å². The van der Waals surface area contributed by atoms with E-state index in [1.54, 1.807) is 24.3 Å². The Morgan fingerprint density at radius 2 is 1.03 bits per heavy atom. The zero-order valence-electron chi connectivity index (χ0n) is 21.0. The van der Waals surface area contributed by atoms with E-state index in [0.717, 1.165) is 25.7 Å². The molecule has 0 bridgehead atoms. The van der Waals surface area contributed by atoms with Crippen LogP contribution in [-0.2, 0) is 4.74 Å². The minimum absolute atomic E-state index is 0.00981. The van der Waals surface area contributed by atoms with Gasteiger partial charge in [0.1, 0.15) is 35.4 Å². The van der Waals surface area contributed by atoms with Gasteiger partial charge in [-0.15, -0.1) is 0 Å². The minimum atomic E-state index is -2.27. The van der Waals surface area contributed by atoms with Crippen LogP contribution in [0.4, 0.5) is 0 Å². The first-order valence-corrected chi connectivity index (χ1v) is 15.0. The summed E-state index contributed by atoms with van der Waals surface area (Å²) in [6.45, 7) is 0. The van der Waals surface area contributed by atoms with Gasteiger partial charge in [-0.2, -0.15) is 0 Å². The number of benzene rings is 4. The summed E-state index contributed by atoms with van der Waals surface area (Å²) in [5.74, 6) is -0.234. The molecule has 1 aliphatic rings. The fraction of sp³-hybridized carbons (Fsp3) is 0.212. The summed E-state index contributed by atoms with van der Waals surface area (Å²) in [5, 5.41) is 3.52. The van der Waals surface area contributed by atoms with Crippen molar-refractivity contribution in [3.05, 3.63) is 126 Å². The van der Waals surface area contributed by atoms with Crippen LogP contribution in [0.2, 0.25) is 0 Å². The number of ketones is 1. The van der Waals surface area contributed by atoms with Crippen molar-refractivity contribution in [1.29, 1.82) is 0 Å². The van der Waals surface area contributed by atoms with Gasteiger partial charge in [0, 0.05) is 5.56 Å². The minimum Gasteiger partial charge on any atom is -0.459 e. The standard InChI is InChI=1S/C33H32O3P/c34-32(26-21-23-27(24-22-26)33(35)36-28-13-5-1-6-14-28)25-37(29-15-7-2-8-16-29,30-17-9-3-10-18-30)31-19-11-4-12-20-31/h2-4,7-12,15-24,28H,1,5-6,13-14,25H2/q+1. The van der Waals surface area contributed by atoms with E-state index >= 15 is 0 Å². The molecule has 0 heterocycles. The zero-order chi connectivity index (χ0) is 25.5. The Kier molecular flexibility index (Phi) is 7.92. The smallest absolute Gasteiger partial charge is 0.338 e. The molecule has 0 spiro atoms. The van der Waals surface area contributed by atoms with Crippen molar-refractivity contribution in [3.8, 4) is 0 Å². The molecule has 0 amide bonds. The maximum Gasteiger partial charge on any atom is 0.338 e. The predicted octanol–water partition coefficient (Wildman–Crippen LogP) is 6.35. The van der Waals surface area contributed by atoms with Gasteiger partial charge in [0.25, 0.3) is 0 Å². The van der Waals surface area contributed by atoms with Gasteiger partial charge in [-0.25, -0.2) is 4.79 Å². The Morgan fingerprint density at radius 3 is 1.49 bits per heavy atom. The normalized spacial score (nSPS) is 14.2. The van der Waals surface area contributed by atoms with E-state index < -0.39 is 7.26 Å². The highest BCUT2D eigenvalue weighted by atomic mass is 31.2. The van der Waals surface area contributed by atoms with E-state index in [4.69, 9.17) is 4.74 Å². The molecule has 0 N–H and O–H groups in total. The number of rotatable bonds is 8. The van der Waals surface area contributed by atoms with E-state index in [-0.39, 0.29) is 17.9 Å². The molecule has 0 aliphatic heterocycles. The number of Topliss-reactive ketones (excluding diaryl/α,β-unsaturated/α-hetero) is 1. The highest BCUT2D eigenvalue weighted by Gasteiger charge is 2.47. The lowest BCUT2D eigenvalue weighted by atomic mass is 9.98. The molecule has 1 aliphatic carbocycles. The SMILES string of the molecule is O=C(C[P+](c1ccccc1)(c1ccccc1)c1ccccc1)c1ccc(C(=O)OC2CCCCC2)cc1. The number of hydrogen-bond acceptors (Lipinski definition) is 3. The lowest BCUT2D eigenvalue weighted by Crippen LogP contribution is -2.35. The number of hydrogen-bond donors (Lipinski definition) is 0. The second-order valence-corrected chi connectivity index (χ2v) is 13.1. The third kappa shape index (κ3) is 5.58. The quantitative estimate of drug-likeness (QED) is 0.159. The van der Waals surface area contributed by atoms with Gasteiger partial charge in [-0.05, 0) is 74.2 Å². The Hall–Kier alpha value is -3.55. The molecule has 37 heavy (non-hydrogen) atoms. The zero-order valence-corrected chi connectivity index (χ0v) is 21.9. The topological polar surface area (TPSA) is 43.4 Å². The van der Waals surface area contributed by atoms with Gasteiger partial charge >= 0.3 is 5.97 Å². The summed E-state index contributed by atoms with van der Waals surface area (Å²) in [4.78, 5) is 26.6. The molecule has 4 aromatic rings. The van der Waals surface area contributed by atoms with Crippen molar-refractivity contribution in [2.45, 2.75) is 38.2 Å². The lowest BCUT2D eigenvalue weighted by Gasteiger charge is -2.27. The van der Waals surface area contributed by atoms with Gasteiger partial charge in [-0.1, -0.05) is 73.2 Å². The molecule has 5 rings (SSSR count). The van der Waals surface area contributed by atoms with Crippen LogP contribution in [0.3, 0.4) is 0 Å². The number of ether oxygens (including phenoxy) is 1. The van der Waals surface area contributed by atoms with Crippen molar-refractivity contribution >= 4 is 34.9 Å². The fourth-order valence-corrected chi connectivity index (χ4v) is 9.37. The highest BCUT2D eigenvalue weighted by molar-refractivity contribution is 7.96. The first-order valence-electron chi connectivity index (χ1n) is 13.1. The number of carbonyl (C=O) groups excluding carboxylic acids is 2. The van der Waals surface area contributed by atoms with E-state index in [0.29, 0.717) is 17.3 Å². The number of esters is 1. The second-order valence-electron chi connectivity index (χ2n) is 9.64. The maximum absolute atomic E-state index is 13.9. The second kappa shape index (κ2) is 11.7. The highest BCUT2D eigenvalue weighted by Crippen LogP contribution is 2.55. The maximum atomic E-state index is 13.9. The van der Waals surface area contributed by atoms with Crippen molar-refractivity contribution < 1.29 is 14.3 Å². The van der Waals surface area contributed by atoms with Crippen LogP contribution in [0, 0.1) is 0 Å². The van der Waals surface area contributed by atoms with Gasteiger partial charge < -0.3 is 4.74 Å². The number of carbonyl (C=O) groups is 2. The Bertz CT molecular complexity index is 1220. The Balaban J connectivity index is 1.47. The molecule has 0 atom stereocenters. The van der Waals surface area contributed by atoms with Gasteiger partial charge in [0.15, 0.2) is 0 Å². The molecule has 0 saturated heterocycles.